The number of ketones is 1. The van der Waals surface area contributed by atoms with Gasteiger partial charge in [-0.25, -0.2) is 4.39 Å². The minimum atomic E-state index is -0.291. The van der Waals surface area contributed by atoms with E-state index in [1.807, 2.05) is 0 Å². The number of halogens is 1. The molecule has 0 saturated heterocycles. The van der Waals surface area contributed by atoms with Crippen LogP contribution in [0.25, 0.3) is 0 Å². The van der Waals surface area contributed by atoms with Crippen molar-refractivity contribution in [3.8, 4) is 5.75 Å². The second-order valence-electron chi connectivity index (χ2n) is 5.23. The molecule has 2 rings (SSSR count). The summed E-state index contributed by atoms with van der Waals surface area (Å²) in [6.45, 7) is 3.29. The first-order chi connectivity index (χ1) is 11.0. The number of carbonyl (C=O) groups is 2. The highest BCUT2D eigenvalue weighted by atomic mass is 19.1. The molecule has 0 aliphatic rings. The van der Waals surface area contributed by atoms with E-state index in [1.165, 1.54) is 13.0 Å². The van der Waals surface area contributed by atoms with Gasteiger partial charge in [-0.2, -0.15) is 0 Å². The number of ether oxygens (including phenoxy) is 1. The summed E-state index contributed by atoms with van der Waals surface area (Å²) in [4.78, 5) is 23.1. The third kappa shape index (κ3) is 4.92. The lowest BCUT2D eigenvalue weighted by Gasteiger charge is -2.09. The molecular formula is C18H18FNO3. The molecule has 0 aliphatic heterocycles. The summed E-state index contributed by atoms with van der Waals surface area (Å²) in [7, 11) is 0. The summed E-state index contributed by atoms with van der Waals surface area (Å²) in [5, 5.41) is 2.70. The van der Waals surface area contributed by atoms with Gasteiger partial charge in [0.15, 0.2) is 12.4 Å². The van der Waals surface area contributed by atoms with Gasteiger partial charge in [-0.15, -0.1) is 0 Å². The smallest absolute Gasteiger partial charge is 0.258 e. The number of amides is 1. The minimum absolute atomic E-state index is 0.0634. The third-order valence-corrected chi connectivity index (χ3v) is 3.32. The minimum Gasteiger partial charge on any atom is -0.484 e. The van der Waals surface area contributed by atoms with Crippen molar-refractivity contribution in [3.05, 3.63) is 65.0 Å². The molecule has 0 unspecified atom stereocenters. The number of hydrogen-bond acceptors (Lipinski definition) is 3. The highest BCUT2D eigenvalue weighted by Crippen LogP contribution is 2.13. The predicted octanol–water partition coefficient (Wildman–Crippen LogP) is 3.03. The summed E-state index contributed by atoms with van der Waals surface area (Å²) >= 11 is 0. The topological polar surface area (TPSA) is 55.4 Å². The van der Waals surface area contributed by atoms with Gasteiger partial charge in [-0.05, 0) is 43.2 Å². The number of Topliss-reactive ketones (excluding diaryl/α,β-unsaturated/α-hetero) is 1. The standard InChI is InChI=1S/C18H18FNO3/c1-12-8-14(6-7-17(12)19)10-20-18(22)11-23-16-5-3-4-15(9-16)13(2)21/h3-9H,10-11H2,1-2H3,(H,20,22). The fourth-order valence-corrected chi connectivity index (χ4v) is 2.02. The van der Waals surface area contributed by atoms with E-state index in [0.29, 0.717) is 23.4 Å². The Labute approximate surface area is 134 Å². The van der Waals surface area contributed by atoms with Crippen LogP contribution in [0.1, 0.15) is 28.4 Å². The third-order valence-electron chi connectivity index (χ3n) is 3.32. The van der Waals surface area contributed by atoms with Crippen LogP contribution < -0.4 is 10.1 Å². The molecule has 0 fully saturated rings. The Hall–Kier alpha value is -2.69. The van der Waals surface area contributed by atoms with E-state index in [0.717, 1.165) is 5.56 Å². The number of carbonyl (C=O) groups excluding carboxylic acids is 2. The monoisotopic (exact) mass is 315 g/mol. The predicted molar refractivity (Wildman–Crippen MR) is 84.9 cm³/mol. The molecule has 1 amide bonds. The van der Waals surface area contributed by atoms with Crippen molar-refractivity contribution < 1.29 is 18.7 Å². The van der Waals surface area contributed by atoms with Gasteiger partial charge >= 0.3 is 0 Å². The summed E-state index contributed by atoms with van der Waals surface area (Å²) in [6.07, 6.45) is 0. The lowest BCUT2D eigenvalue weighted by atomic mass is 10.1. The number of rotatable bonds is 6. The molecule has 4 nitrogen and oxygen atoms in total. The summed E-state index contributed by atoms with van der Waals surface area (Å²) in [6, 6.07) is 11.4. The van der Waals surface area contributed by atoms with Gasteiger partial charge < -0.3 is 10.1 Å². The summed E-state index contributed by atoms with van der Waals surface area (Å²) < 4.78 is 18.5. The Balaban J connectivity index is 1.84. The number of benzene rings is 2. The Morgan fingerprint density at radius 1 is 1.17 bits per heavy atom. The fourth-order valence-electron chi connectivity index (χ4n) is 2.02. The van der Waals surface area contributed by atoms with Crippen molar-refractivity contribution in [2.45, 2.75) is 20.4 Å². The molecule has 0 saturated carbocycles. The number of nitrogens with one attached hydrogen (secondary N) is 1. The highest BCUT2D eigenvalue weighted by Gasteiger charge is 2.06. The van der Waals surface area contributed by atoms with Gasteiger partial charge in [0.1, 0.15) is 11.6 Å². The second kappa shape index (κ2) is 7.54. The first-order valence-electron chi connectivity index (χ1n) is 7.21. The maximum atomic E-state index is 13.2. The molecule has 120 valence electrons. The molecule has 1 N–H and O–H groups in total. The maximum Gasteiger partial charge on any atom is 0.258 e. The molecule has 0 bridgehead atoms. The molecule has 2 aromatic carbocycles. The first-order valence-corrected chi connectivity index (χ1v) is 7.21. The Morgan fingerprint density at radius 3 is 2.65 bits per heavy atom. The van der Waals surface area contributed by atoms with Gasteiger partial charge in [0, 0.05) is 12.1 Å². The molecule has 0 aliphatic carbocycles. The van der Waals surface area contributed by atoms with E-state index >= 15 is 0 Å². The molecule has 0 heterocycles. The van der Waals surface area contributed by atoms with E-state index in [4.69, 9.17) is 4.74 Å². The lowest BCUT2D eigenvalue weighted by Crippen LogP contribution is -2.28. The van der Waals surface area contributed by atoms with Crippen molar-refractivity contribution in [2.75, 3.05) is 6.61 Å². The van der Waals surface area contributed by atoms with Crippen LogP contribution in [-0.4, -0.2) is 18.3 Å². The SMILES string of the molecule is CC(=O)c1cccc(OCC(=O)NCc2ccc(F)c(C)c2)c1. The first kappa shape index (κ1) is 16.7. The van der Waals surface area contributed by atoms with Crippen LogP contribution in [0.3, 0.4) is 0 Å². The molecular weight excluding hydrogens is 297 g/mol. The van der Waals surface area contributed by atoms with E-state index in [1.54, 1.807) is 43.3 Å². The zero-order chi connectivity index (χ0) is 16.8. The molecule has 0 spiro atoms. The normalized spacial score (nSPS) is 10.2. The Kier molecular flexibility index (Phi) is 5.46. The van der Waals surface area contributed by atoms with Crippen LogP contribution in [-0.2, 0) is 11.3 Å². The van der Waals surface area contributed by atoms with Gasteiger partial charge in [-0.1, -0.05) is 24.3 Å². The van der Waals surface area contributed by atoms with E-state index in [9.17, 15) is 14.0 Å². The van der Waals surface area contributed by atoms with E-state index in [-0.39, 0.29) is 24.1 Å². The van der Waals surface area contributed by atoms with Crippen LogP contribution in [0.5, 0.6) is 5.75 Å². The molecule has 23 heavy (non-hydrogen) atoms. The quantitative estimate of drug-likeness (QED) is 0.834. The maximum absolute atomic E-state index is 13.2. The number of aryl methyl sites for hydroxylation is 1. The van der Waals surface area contributed by atoms with Crippen molar-refractivity contribution in [2.24, 2.45) is 0 Å². The van der Waals surface area contributed by atoms with Gasteiger partial charge in [0.2, 0.25) is 0 Å². The molecule has 5 heteroatoms. The average molecular weight is 315 g/mol. The Bertz CT molecular complexity index is 728. The second-order valence-corrected chi connectivity index (χ2v) is 5.23. The van der Waals surface area contributed by atoms with Crippen LogP contribution in [0.2, 0.25) is 0 Å². The Morgan fingerprint density at radius 2 is 1.96 bits per heavy atom. The van der Waals surface area contributed by atoms with Gasteiger partial charge in [-0.3, -0.25) is 9.59 Å². The number of hydrogen-bond donors (Lipinski definition) is 1. The van der Waals surface area contributed by atoms with Crippen LogP contribution in [0, 0.1) is 12.7 Å². The van der Waals surface area contributed by atoms with Crippen molar-refractivity contribution in [1.82, 2.24) is 5.32 Å². The van der Waals surface area contributed by atoms with E-state index in [2.05, 4.69) is 5.32 Å². The zero-order valence-electron chi connectivity index (χ0n) is 13.1. The van der Waals surface area contributed by atoms with Gasteiger partial charge in [0.05, 0.1) is 0 Å². The van der Waals surface area contributed by atoms with Crippen molar-refractivity contribution >= 4 is 11.7 Å². The van der Waals surface area contributed by atoms with E-state index < -0.39 is 0 Å². The summed E-state index contributed by atoms with van der Waals surface area (Å²) in [5.41, 5.74) is 1.88. The molecule has 0 radical (unpaired) electrons. The zero-order valence-corrected chi connectivity index (χ0v) is 13.1. The van der Waals surface area contributed by atoms with Crippen LogP contribution in [0.4, 0.5) is 4.39 Å². The summed E-state index contributed by atoms with van der Waals surface area (Å²) in [5.74, 6) is -0.161. The van der Waals surface area contributed by atoms with Crippen molar-refractivity contribution in [1.29, 1.82) is 0 Å². The van der Waals surface area contributed by atoms with Gasteiger partial charge in [0.25, 0.3) is 5.91 Å². The highest BCUT2D eigenvalue weighted by molar-refractivity contribution is 5.94. The van der Waals surface area contributed by atoms with Crippen LogP contribution >= 0.6 is 0 Å². The fraction of sp³-hybridized carbons (Fsp3) is 0.222. The molecule has 2 aromatic rings. The van der Waals surface area contributed by atoms with Crippen LogP contribution in [0.15, 0.2) is 42.5 Å². The van der Waals surface area contributed by atoms with Crippen molar-refractivity contribution in [3.63, 3.8) is 0 Å². The molecule has 0 aromatic heterocycles. The molecule has 0 atom stereocenters. The lowest BCUT2D eigenvalue weighted by molar-refractivity contribution is -0.123. The average Bonchev–Trinajstić information content (AvgIpc) is 2.54. The largest absolute Gasteiger partial charge is 0.484 e.